The number of fused-ring (bicyclic) bond motifs is 9. The lowest BCUT2D eigenvalue weighted by Gasteiger charge is -2.46. The number of aliphatic hydroxyl groups is 2. The van der Waals surface area contributed by atoms with Crippen LogP contribution in [0.1, 0.15) is 143 Å². The summed E-state index contributed by atoms with van der Waals surface area (Å²) in [5, 5.41) is 18.9. The maximum absolute atomic E-state index is 13.9. The minimum atomic E-state index is -0.835. The monoisotopic (exact) mass is 1070 g/mol. The second-order valence-corrected chi connectivity index (χ2v) is 22.6. The summed E-state index contributed by atoms with van der Waals surface area (Å²) in [5.74, 6) is 2.34. The number of nitrogens with zero attached hydrogens (tertiary/aromatic N) is 1. The number of thiol groups is 1. The third-order valence-corrected chi connectivity index (χ3v) is 14.7. The fourth-order valence-corrected chi connectivity index (χ4v) is 11.5. The number of esters is 1. The number of rotatable bonds is 16. The summed E-state index contributed by atoms with van der Waals surface area (Å²) in [7, 11) is 3.33. The first-order chi connectivity index (χ1) is 36.2. The van der Waals surface area contributed by atoms with Crippen LogP contribution in [0.5, 0.6) is 0 Å². The Morgan fingerprint density at radius 2 is 1.97 bits per heavy atom. The van der Waals surface area contributed by atoms with Gasteiger partial charge in [-0.3, -0.25) is 4.79 Å². The van der Waals surface area contributed by atoms with Gasteiger partial charge >= 0.3 is 5.97 Å². The predicted octanol–water partition coefficient (Wildman–Crippen LogP) is 8.91. The van der Waals surface area contributed by atoms with Gasteiger partial charge in [-0.15, -0.1) is 12.3 Å². The molecule has 401 valence electrons. The number of amides is 1. The van der Waals surface area contributed by atoms with Gasteiger partial charge in [0.1, 0.15) is 30.3 Å². The maximum Gasteiger partial charge on any atom is 0.330 e. The third kappa shape index (κ3) is 19.0. The molecule has 18 heteroatoms. The molecular formula is C55H82B2N2O11PS2. The lowest BCUT2D eigenvalue weighted by Crippen LogP contribution is -2.52. The molecule has 1 amide bonds. The largest absolute Gasteiger partial charge is 0.458 e. The van der Waals surface area contributed by atoms with Crippen molar-refractivity contribution in [3.8, 4) is 12.3 Å². The molecule has 0 aliphatic carbocycles. The van der Waals surface area contributed by atoms with Crippen molar-refractivity contribution in [2.75, 3.05) is 6.61 Å². The zero-order valence-electron chi connectivity index (χ0n) is 46.9. The lowest BCUT2D eigenvalue weighted by molar-refractivity contribution is -0.183. The number of allylic oxidation sites excluding steroid dienone is 3. The molecule has 1 unspecified atom stereocenters. The Labute approximate surface area is 453 Å². The van der Waals surface area contributed by atoms with Crippen LogP contribution in [0, 0.1) is 36.0 Å². The van der Waals surface area contributed by atoms with E-state index in [0.717, 1.165) is 35.7 Å². The van der Waals surface area contributed by atoms with Crippen molar-refractivity contribution in [2.45, 2.75) is 198 Å². The fraction of sp³-hybridized carbons (Fsp3) is 0.655. The minimum Gasteiger partial charge on any atom is -0.458 e. The highest BCUT2D eigenvalue weighted by Crippen LogP contribution is 2.41. The molecule has 5 aliphatic rings. The van der Waals surface area contributed by atoms with E-state index in [-0.39, 0.29) is 85.5 Å². The zero-order chi connectivity index (χ0) is 55.5. The van der Waals surface area contributed by atoms with Crippen molar-refractivity contribution in [3.63, 3.8) is 0 Å². The number of ether oxygens (including phenoxy) is 5. The molecule has 13 nitrogen and oxygen atoms in total. The Hall–Kier alpha value is -2.87. The van der Waals surface area contributed by atoms with Crippen LogP contribution in [-0.4, -0.2) is 118 Å². The number of aliphatic hydroxyl groups excluding tert-OH is 2. The van der Waals surface area contributed by atoms with Gasteiger partial charge < -0.3 is 47.8 Å². The van der Waals surface area contributed by atoms with Gasteiger partial charge in [0.15, 0.2) is 0 Å². The van der Waals surface area contributed by atoms with Crippen LogP contribution in [0.15, 0.2) is 76.5 Å². The molecule has 4 saturated heterocycles. The summed E-state index contributed by atoms with van der Waals surface area (Å²) in [6, 6.07) is -0.742. The topological polar surface area (TPSA) is 168 Å². The Bertz CT molecular complexity index is 2230. The van der Waals surface area contributed by atoms with E-state index >= 15 is 0 Å². The summed E-state index contributed by atoms with van der Waals surface area (Å²) in [4.78, 5) is 32.4. The van der Waals surface area contributed by atoms with Crippen LogP contribution in [0.4, 0.5) is 0 Å². The van der Waals surface area contributed by atoms with E-state index in [1.54, 1.807) is 12.3 Å². The molecule has 0 aromatic carbocycles. The first-order valence-corrected chi connectivity index (χ1v) is 27.9. The number of nitrogens with one attached hydrogen (secondary N) is 1. The fourth-order valence-electron chi connectivity index (χ4n) is 11.2. The molecule has 0 spiro atoms. The van der Waals surface area contributed by atoms with Crippen molar-refractivity contribution < 1.29 is 52.1 Å². The van der Waals surface area contributed by atoms with Crippen LogP contribution in [0.25, 0.3) is 6.08 Å². The second kappa shape index (κ2) is 30.2. The van der Waals surface area contributed by atoms with Crippen molar-refractivity contribution in [2.24, 2.45) is 23.7 Å². The van der Waals surface area contributed by atoms with Crippen molar-refractivity contribution in [1.29, 1.82) is 4.10 Å². The number of hydrogen-bond acceptors (Lipinski definition) is 14. The van der Waals surface area contributed by atoms with Crippen LogP contribution >= 0.6 is 33.5 Å². The summed E-state index contributed by atoms with van der Waals surface area (Å²) in [5.41, 5.74) is 2.61. The van der Waals surface area contributed by atoms with Crippen molar-refractivity contribution in [1.82, 2.24) is 10.3 Å². The van der Waals surface area contributed by atoms with Gasteiger partial charge in [-0.1, -0.05) is 87.7 Å². The predicted molar refractivity (Wildman–Crippen MR) is 300 cm³/mol. The van der Waals surface area contributed by atoms with Crippen LogP contribution < -0.4 is 5.32 Å². The molecule has 8 bridgehead atoms. The van der Waals surface area contributed by atoms with E-state index in [1.807, 2.05) is 58.1 Å². The quantitative estimate of drug-likeness (QED) is 0.0181. The number of carbonyl (C=O) groups is 2. The molecule has 3 N–H and O–H groups in total. The summed E-state index contributed by atoms with van der Waals surface area (Å²) < 4.78 is 66.8. The SMILES string of the molecule is [2H]B(P)S.[3H][B]SO[C@H](/C=C(C)/C=C/[C@H](C)CC#C)[C@H]1C[C@@H](C)C[C@@](C)(CC(=O)N[C@H](/C=C(\C)[C@@H]2O[C@@H]3C/C=C/c4nc(co4)[C@H]4C[C@H](O[3H])C[C@@H](C[C@H]5CC(=C)C[C@H](C/C=C\C(=O)O[C@H]([C@H]2C)[C@H]3CC)O5)O4)CO)O1. The maximum atomic E-state index is 13.9. The Balaban J connectivity index is 0.00000257. The standard InChI is InChI=1S/C55H78BN2O11S.BH4PS/c1-10-14-33(3)19-20-34(4)23-49(69-70-56)48-24-36(6)29-55(9,68-48)30-50(61)57-39(31-59)25-37(7)53-38(8)54-44(11-2)46(66-53)16-13-17-51-58-45(32-63-51)47-27-40(60)26-43(65-47)28-42-22-35(5)21-41(64-42)15-12-18-52(62)67-54;2-1-3/h1,12-13,17-20,23,25,32-33,36,38-44,46-49,53-54,56,59-60H,5,11,14-16,21-22,24,26-31H2,2-4,6-9H3,(H,57,61);1,3H,2H2/b17-13+,18-12-,20-19+,34-23+,37-25+;/t33-,36-,38+,39-,40-,41+,42-,43+,44+,46-,47-,48-,49-,53+,54-,55+;/m1./s1/i56T,60T;1D. The van der Waals surface area contributed by atoms with E-state index in [1.165, 1.54) is 6.08 Å². The Kier molecular flexibility index (Phi) is 23.3. The lowest BCUT2D eigenvalue weighted by atomic mass is 9.77. The summed E-state index contributed by atoms with van der Waals surface area (Å²) in [6.45, 7) is 18.1. The Morgan fingerprint density at radius 1 is 1.21 bits per heavy atom. The second-order valence-electron chi connectivity index (χ2n) is 21.0. The molecule has 5 aliphatic heterocycles. The number of aromatic nitrogens is 1. The van der Waals surface area contributed by atoms with E-state index in [4.69, 9.17) is 52.9 Å². The van der Waals surface area contributed by atoms with E-state index < -0.39 is 42.0 Å². The van der Waals surface area contributed by atoms with Crippen molar-refractivity contribution >= 4 is 64.8 Å². The highest BCUT2D eigenvalue weighted by molar-refractivity contribution is 8.20. The number of oxazole rings is 1. The average Bonchev–Trinajstić information content (AvgIpc) is 3.83. The third-order valence-electron chi connectivity index (χ3n) is 14.3. The first kappa shape index (κ1) is 56.3. The van der Waals surface area contributed by atoms with Gasteiger partial charge in [0.05, 0.1) is 67.4 Å². The first-order valence-electron chi connectivity index (χ1n) is 27.5. The van der Waals surface area contributed by atoms with Gasteiger partial charge in [-0.2, -0.15) is 9.12 Å². The molecule has 6 heterocycles. The van der Waals surface area contributed by atoms with E-state index in [0.29, 0.717) is 82.2 Å². The smallest absolute Gasteiger partial charge is 0.330 e. The van der Waals surface area contributed by atoms with Crippen molar-refractivity contribution in [3.05, 3.63) is 83.7 Å². The van der Waals surface area contributed by atoms with E-state index in [9.17, 15) is 14.7 Å². The molecule has 6 rings (SSSR count). The molecule has 73 heavy (non-hydrogen) atoms. The molecule has 1 aromatic heterocycles. The van der Waals surface area contributed by atoms with Crippen LogP contribution in [0.3, 0.4) is 0 Å². The van der Waals surface area contributed by atoms with Gasteiger partial charge in [0.25, 0.3) is 0 Å². The normalized spacial score (nSPS) is 35.1. The highest BCUT2D eigenvalue weighted by Gasteiger charge is 2.46. The molecular weight excluding hydrogens is 981 g/mol. The zero-order valence-corrected chi connectivity index (χ0v) is 46.8. The molecule has 1 aromatic rings. The molecule has 4 fully saturated rings. The van der Waals surface area contributed by atoms with Gasteiger partial charge in [0, 0.05) is 37.2 Å². The highest BCUT2D eigenvalue weighted by atomic mass is 32.2. The number of carbonyl (C=O) groups excluding carboxylic acids is 2. The average molecular weight is 1070 g/mol. The van der Waals surface area contributed by atoms with Gasteiger partial charge in [-0.05, 0) is 104 Å². The van der Waals surface area contributed by atoms with Crippen LogP contribution in [-0.2, 0) is 37.5 Å². The molecule has 1 radical (unpaired) electrons. The minimum absolute atomic E-state index is 0.0465. The van der Waals surface area contributed by atoms with Crippen LogP contribution in [0.2, 0.25) is 0 Å². The number of hydrogen-bond donors (Lipinski definition) is 4. The van der Waals surface area contributed by atoms with Gasteiger partial charge in [0.2, 0.25) is 26.6 Å². The van der Waals surface area contributed by atoms with E-state index in [2.05, 4.69) is 66.3 Å². The van der Waals surface area contributed by atoms with Gasteiger partial charge in [-0.25, -0.2) is 22.3 Å². The molecule has 17 atom stereocenters. The summed E-state index contributed by atoms with van der Waals surface area (Å²) in [6.07, 6.45) is 24.9. The number of terminal acetylenes is 1. The Morgan fingerprint density at radius 3 is 2.70 bits per heavy atom. The molecule has 0 saturated carbocycles. The summed E-state index contributed by atoms with van der Waals surface area (Å²) >= 11 is 4.53.